The first kappa shape index (κ1) is 17.5. The first-order valence-corrected chi connectivity index (χ1v) is 9.55. The highest BCUT2D eigenvalue weighted by atomic mass is 16.2. The number of hydrogen-bond donors (Lipinski definition) is 2. The van der Waals surface area contributed by atoms with Crippen LogP contribution in [0.1, 0.15) is 31.2 Å². The maximum atomic E-state index is 12.7. The molecule has 0 radical (unpaired) electrons. The number of hydrogen-bond acceptors (Lipinski definition) is 3. The zero-order chi connectivity index (χ0) is 18.6. The molecule has 1 saturated heterocycles. The molecule has 6 nitrogen and oxygen atoms in total. The van der Waals surface area contributed by atoms with Crippen LogP contribution >= 0.6 is 0 Å². The number of amides is 3. The molecular weight excluding hydrogens is 340 g/mol. The second-order valence-electron chi connectivity index (χ2n) is 7.23. The lowest BCUT2D eigenvalue weighted by Gasteiger charge is -2.43. The molecule has 2 aliphatic rings. The summed E-state index contributed by atoms with van der Waals surface area (Å²) in [4.78, 5) is 30.8. The molecule has 2 aromatic rings. The van der Waals surface area contributed by atoms with Crippen LogP contribution in [-0.4, -0.2) is 40.5 Å². The topological polar surface area (TPSA) is 74.3 Å². The van der Waals surface area contributed by atoms with E-state index in [0.29, 0.717) is 6.54 Å². The van der Waals surface area contributed by atoms with E-state index in [1.807, 2.05) is 42.5 Å². The van der Waals surface area contributed by atoms with Crippen molar-refractivity contribution in [2.45, 2.75) is 44.3 Å². The average molecular weight is 364 g/mol. The highest BCUT2D eigenvalue weighted by molar-refractivity contribution is 5.86. The SMILES string of the molecule is O=C1CN(C(=O)NCc2cccc(-c3ccccn3)c2)C2CCCCC2N1. The Morgan fingerprint density at radius 3 is 2.93 bits per heavy atom. The Morgan fingerprint density at radius 1 is 1.19 bits per heavy atom. The Balaban J connectivity index is 1.42. The molecule has 1 aromatic heterocycles. The molecule has 1 aromatic carbocycles. The zero-order valence-corrected chi connectivity index (χ0v) is 15.2. The van der Waals surface area contributed by atoms with Crippen LogP contribution in [0.2, 0.25) is 0 Å². The molecule has 2 fully saturated rings. The van der Waals surface area contributed by atoms with E-state index in [1.165, 1.54) is 0 Å². The van der Waals surface area contributed by atoms with Crippen LogP contribution in [0.5, 0.6) is 0 Å². The van der Waals surface area contributed by atoms with Crippen LogP contribution in [0.25, 0.3) is 11.3 Å². The Morgan fingerprint density at radius 2 is 2.07 bits per heavy atom. The predicted octanol–water partition coefficient (Wildman–Crippen LogP) is 2.70. The lowest BCUT2D eigenvalue weighted by Crippen LogP contribution is -2.64. The molecule has 2 N–H and O–H groups in total. The fraction of sp³-hybridized carbons (Fsp3) is 0.381. The van der Waals surface area contributed by atoms with Gasteiger partial charge in [-0.1, -0.05) is 37.1 Å². The van der Waals surface area contributed by atoms with E-state index in [1.54, 1.807) is 11.1 Å². The van der Waals surface area contributed by atoms with Gasteiger partial charge in [-0.05, 0) is 36.6 Å². The van der Waals surface area contributed by atoms with Crippen molar-refractivity contribution >= 4 is 11.9 Å². The van der Waals surface area contributed by atoms with Crippen LogP contribution in [0.4, 0.5) is 4.79 Å². The minimum Gasteiger partial charge on any atom is -0.350 e. The van der Waals surface area contributed by atoms with Gasteiger partial charge in [-0.3, -0.25) is 9.78 Å². The molecular formula is C21H24N4O2. The fourth-order valence-electron chi connectivity index (χ4n) is 4.05. The van der Waals surface area contributed by atoms with Gasteiger partial charge in [0, 0.05) is 24.3 Å². The standard InChI is InChI=1S/C21H24N4O2/c26-20-14-25(19-10-2-1-9-18(19)24-20)21(27)23-13-15-6-5-7-16(12-15)17-8-3-4-11-22-17/h3-8,11-12,18-19H,1-2,9-10,13-14H2,(H,23,27)(H,24,26). The molecule has 1 saturated carbocycles. The number of nitrogens with one attached hydrogen (secondary N) is 2. The van der Waals surface area contributed by atoms with Gasteiger partial charge in [0.05, 0.1) is 11.7 Å². The van der Waals surface area contributed by atoms with E-state index in [0.717, 1.165) is 42.5 Å². The number of pyridine rings is 1. The van der Waals surface area contributed by atoms with E-state index in [-0.39, 0.29) is 30.6 Å². The summed E-state index contributed by atoms with van der Waals surface area (Å²) in [6, 6.07) is 13.9. The molecule has 27 heavy (non-hydrogen) atoms. The Hall–Kier alpha value is -2.89. The van der Waals surface area contributed by atoms with E-state index < -0.39 is 0 Å². The largest absolute Gasteiger partial charge is 0.350 e. The van der Waals surface area contributed by atoms with Crippen molar-refractivity contribution in [2.24, 2.45) is 0 Å². The van der Waals surface area contributed by atoms with Crippen molar-refractivity contribution in [3.8, 4) is 11.3 Å². The molecule has 4 rings (SSSR count). The molecule has 0 bridgehead atoms. The van der Waals surface area contributed by atoms with Gasteiger partial charge in [-0.15, -0.1) is 0 Å². The van der Waals surface area contributed by atoms with Gasteiger partial charge in [-0.25, -0.2) is 4.79 Å². The molecule has 2 atom stereocenters. The third-order valence-corrected chi connectivity index (χ3v) is 5.38. The van der Waals surface area contributed by atoms with Crippen LogP contribution in [0.15, 0.2) is 48.7 Å². The first-order valence-electron chi connectivity index (χ1n) is 9.55. The van der Waals surface area contributed by atoms with Gasteiger partial charge in [-0.2, -0.15) is 0 Å². The van der Waals surface area contributed by atoms with Crippen molar-refractivity contribution in [2.75, 3.05) is 6.54 Å². The highest BCUT2D eigenvalue weighted by Crippen LogP contribution is 2.26. The Kier molecular flexibility index (Phi) is 5.05. The molecule has 2 heterocycles. The highest BCUT2D eigenvalue weighted by Gasteiger charge is 2.38. The number of nitrogens with zero attached hydrogens (tertiary/aromatic N) is 2. The van der Waals surface area contributed by atoms with Crippen molar-refractivity contribution in [1.29, 1.82) is 0 Å². The predicted molar refractivity (Wildman–Crippen MR) is 103 cm³/mol. The number of carbonyl (C=O) groups excluding carboxylic acids is 2. The van der Waals surface area contributed by atoms with E-state index in [2.05, 4.69) is 15.6 Å². The summed E-state index contributed by atoms with van der Waals surface area (Å²) in [5.41, 5.74) is 2.93. The first-order chi connectivity index (χ1) is 13.2. The maximum Gasteiger partial charge on any atom is 0.318 e. The molecule has 1 aliphatic heterocycles. The molecule has 140 valence electrons. The van der Waals surface area contributed by atoms with Crippen molar-refractivity contribution in [1.82, 2.24) is 20.5 Å². The van der Waals surface area contributed by atoms with E-state index >= 15 is 0 Å². The van der Waals surface area contributed by atoms with Crippen molar-refractivity contribution < 1.29 is 9.59 Å². The zero-order valence-electron chi connectivity index (χ0n) is 15.2. The number of piperazine rings is 1. The van der Waals surface area contributed by atoms with Crippen LogP contribution < -0.4 is 10.6 Å². The maximum absolute atomic E-state index is 12.7. The van der Waals surface area contributed by atoms with Crippen LogP contribution in [0.3, 0.4) is 0 Å². The Bertz CT molecular complexity index is 824. The van der Waals surface area contributed by atoms with Crippen molar-refractivity contribution in [3.05, 3.63) is 54.2 Å². The van der Waals surface area contributed by atoms with Crippen LogP contribution in [-0.2, 0) is 11.3 Å². The van der Waals surface area contributed by atoms with Crippen molar-refractivity contribution in [3.63, 3.8) is 0 Å². The van der Waals surface area contributed by atoms with Gasteiger partial charge in [0.25, 0.3) is 0 Å². The van der Waals surface area contributed by atoms with Gasteiger partial charge < -0.3 is 15.5 Å². The number of benzene rings is 1. The minimum atomic E-state index is -0.162. The molecule has 6 heteroatoms. The molecule has 1 aliphatic carbocycles. The minimum absolute atomic E-state index is 0.0644. The quantitative estimate of drug-likeness (QED) is 0.879. The average Bonchev–Trinajstić information content (AvgIpc) is 2.72. The molecule has 2 unspecified atom stereocenters. The van der Waals surface area contributed by atoms with E-state index in [9.17, 15) is 9.59 Å². The van der Waals surface area contributed by atoms with Gasteiger partial charge >= 0.3 is 6.03 Å². The van der Waals surface area contributed by atoms with Crippen LogP contribution in [0, 0.1) is 0 Å². The third kappa shape index (κ3) is 3.94. The lowest BCUT2D eigenvalue weighted by molar-refractivity contribution is -0.126. The number of aromatic nitrogens is 1. The van der Waals surface area contributed by atoms with Gasteiger partial charge in [0.15, 0.2) is 0 Å². The second kappa shape index (κ2) is 7.78. The summed E-state index contributed by atoms with van der Waals surface area (Å²) in [6.07, 6.45) is 5.88. The molecule has 0 spiro atoms. The summed E-state index contributed by atoms with van der Waals surface area (Å²) < 4.78 is 0. The van der Waals surface area contributed by atoms with Gasteiger partial charge in [0.1, 0.15) is 6.54 Å². The monoisotopic (exact) mass is 364 g/mol. The normalized spacial score (nSPS) is 21.9. The van der Waals surface area contributed by atoms with Gasteiger partial charge in [0.2, 0.25) is 5.91 Å². The number of fused-ring (bicyclic) bond motifs is 1. The molecule has 3 amide bonds. The number of urea groups is 1. The third-order valence-electron chi connectivity index (χ3n) is 5.38. The number of carbonyl (C=O) groups is 2. The summed E-state index contributed by atoms with van der Waals surface area (Å²) in [5.74, 6) is -0.0644. The second-order valence-corrected chi connectivity index (χ2v) is 7.23. The fourth-order valence-corrected chi connectivity index (χ4v) is 4.05. The lowest BCUT2D eigenvalue weighted by atomic mass is 9.87. The summed E-state index contributed by atoms with van der Waals surface area (Å²) in [6.45, 7) is 0.565. The summed E-state index contributed by atoms with van der Waals surface area (Å²) >= 11 is 0. The summed E-state index contributed by atoms with van der Waals surface area (Å²) in [7, 11) is 0. The van der Waals surface area contributed by atoms with E-state index in [4.69, 9.17) is 0 Å². The number of rotatable bonds is 3. The Labute approximate surface area is 159 Å². The summed E-state index contributed by atoms with van der Waals surface area (Å²) in [5, 5.41) is 6.02. The smallest absolute Gasteiger partial charge is 0.318 e.